The first kappa shape index (κ1) is 16.2. The minimum Gasteiger partial charge on any atom is -0.351 e. The van der Waals surface area contributed by atoms with Crippen LogP contribution >= 0.6 is 15.9 Å². The third-order valence-corrected chi connectivity index (χ3v) is 4.66. The Morgan fingerprint density at radius 2 is 2.00 bits per heavy atom. The Labute approximate surface area is 144 Å². The van der Waals surface area contributed by atoms with Crippen LogP contribution in [0.25, 0.3) is 5.69 Å². The average Bonchev–Trinajstić information content (AvgIpc) is 2.95. The molecule has 0 atom stereocenters. The Bertz CT molecular complexity index is 693. The normalized spacial score (nSPS) is 13.7. The summed E-state index contributed by atoms with van der Waals surface area (Å²) in [5.41, 5.74) is 9.31. The summed E-state index contributed by atoms with van der Waals surface area (Å²) in [6.45, 7) is 1.17. The predicted molar refractivity (Wildman–Crippen MR) is 93.9 cm³/mol. The SMILES string of the molecule is NCCCNC(=O)c1nn(-c2ccc(Br)cc2)c2c1CCCC2. The number of amides is 1. The maximum Gasteiger partial charge on any atom is 0.272 e. The molecule has 122 valence electrons. The number of carbonyl (C=O) groups excluding carboxylic acids is 1. The van der Waals surface area contributed by atoms with Crippen molar-refractivity contribution in [2.24, 2.45) is 5.73 Å². The average molecular weight is 377 g/mol. The van der Waals surface area contributed by atoms with Gasteiger partial charge in [-0.15, -0.1) is 0 Å². The number of halogens is 1. The van der Waals surface area contributed by atoms with Crippen LogP contribution in [0.5, 0.6) is 0 Å². The molecule has 0 saturated carbocycles. The number of carbonyl (C=O) groups is 1. The summed E-state index contributed by atoms with van der Waals surface area (Å²) in [6, 6.07) is 8.02. The summed E-state index contributed by atoms with van der Waals surface area (Å²) >= 11 is 3.45. The van der Waals surface area contributed by atoms with Crippen LogP contribution < -0.4 is 11.1 Å². The zero-order chi connectivity index (χ0) is 16.2. The van der Waals surface area contributed by atoms with E-state index < -0.39 is 0 Å². The Hall–Kier alpha value is -1.66. The fourth-order valence-corrected chi connectivity index (χ4v) is 3.23. The Morgan fingerprint density at radius 3 is 2.74 bits per heavy atom. The van der Waals surface area contributed by atoms with E-state index in [1.54, 1.807) is 0 Å². The van der Waals surface area contributed by atoms with Crippen molar-refractivity contribution >= 4 is 21.8 Å². The third kappa shape index (κ3) is 3.48. The van der Waals surface area contributed by atoms with E-state index in [1.165, 1.54) is 5.69 Å². The fraction of sp³-hybridized carbons (Fsp3) is 0.412. The molecule has 0 spiro atoms. The molecule has 3 N–H and O–H groups in total. The molecule has 1 heterocycles. The minimum absolute atomic E-state index is 0.0903. The molecule has 0 aliphatic heterocycles. The molecule has 6 heteroatoms. The zero-order valence-corrected chi connectivity index (χ0v) is 14.6. The number of nitrogens with two attached hydrogens (primary N) is 1. The standard InChI is InChI=1S/C17H21BrN4O/c18-12-6-8-13(9-7-12)22-15-5-2-1-4-14(15)16(21-22)17(23)20-11-3-10-19/h6-9H,1-5,10-11,19H2,(H,20,23). The van der Waals surface area contributed by atoms with Crippen LogP contribution in [-0.4, -0.2) is 28.8 Å². The highest BCUT2D eigenvalue weighted by molar-refractivity contribution is 9.10. The van der Waals surface area contributed by atoms with E-state index in [-0.39, 0.29) is 5.91 Å². The largest absolute Gasteiger partial charge is 0.351 e. The van der Waals surface area contributed by atoms with Gasteiger partial charge in [0.25, 0.3) is 5.91 Å². The lowest BCUT2D eigenvalue weighted by Gasteiger charge is -2.14. The molecule has 0 unspecified atom stereocenters. The van der Waals surface area contributed by atoms with E-state index in [2.05, 4.69) is 26.3 Å². The van der Waals surface area contributed by atoms with Gasteiger partial charge in [0.1, 0.15) is 0 Å². The lowest BCUT2D eigenvalue weighted by atomic mass is 9.95. The van der Waals surface area contributed by atoms with E-state index in [4.69, 9.17) is 5.73 Å². The lowest BCUT2D eigenvalue weighted by molar-refractivity contribution is 0.0947. The van der Waals surface area contributed by atoms with Gasteiger partial charge in [0, 0.05) is 22.3 Å². The van der Waals surface area contributed by atoms with Gasteiger partial charge in [-0.25, -0.2) is 4.68 Å². The van der Waals surface area contributed by atoms with Gasteiger partial charge in [-0.2, -0.15) is 5.10 Å². The Balaban J connectivity index is 1.94. The van der Waals surface area contributed by atoms with Crippen LogP contribution in [0.2, 0.25) is 0 Å². The van der Waals surface area contributed by atoms with Crippen LogP contribution in [0.3, 0.4) is 0 Å². The summed E-state index contributed by atoms with van der Waals surface area (Å²) in [5, 5.41) is 7.55. The number of rotatable bonds is 5. The van der Waals surface area contributed by atoms with Crippen molar-refractivity contribution < 1.29 is 4.79 Å². The highest BCUT2D eigenvalue weighted by Crippen LogP contribution is 2.27. The number of hydrogen-bond acceptors (Lipinski definition) is 3. The van der Waals surface area contributed by atoms with Gasteiger partial charge >= 0.3 is 0 Å². The Kier molecular flexibility index (Phi) is 5.13. The van der Waals surface area contributed by atoms with Crippen molar-refractivity contribution in [1.82, 2.24) is 15.1 Å². The molecular formula is C17H21BrN4O. The number of aromatic nitrogens is 2. The van der Waals surface area contributed by atoms with Crippen molar-refractivity contribution in [2.75, 3.05) is 13.1 Å². The van der Waals surface area contributed by atoms with E-state index in [0.717, 1.165) is 47.8 Å². The minimum atomic E-state index is -0.0903. The van der Waals surface area contributed by atoms with Crippen molar-refractivity contribution in [3.63, 3.8) is 0 Å². The van der Waals surface area contributed by atoms with E-state index in [0.29, 0.717) is 18.8 Å². The van der Waals surface area contributed by atoms with Crippen molar-refractivity contribution in [1.29, 1.82) is 0 Å². The topological polar surface area (TPSA) is 72.9 Å². The first-order valence-electron chi connectivity index (χ1n) is 8.05. The molecule has 0 saturated heterocycles. The predicted octanol–water partition coefficient (Wildman–Crippen LogP) is 2.59. The molecule has 1 aromatic carbocycles. The second kappa shape index (κ2) is 7.27. The second-order valence-electron chi connectivity index (χ2n) is 5.77. The third-order valence-electron chi connectivity index (χ3n) is 4.13. The van der Waals surface area contributed by atoms with Crippen molar-refractivity contribution in [2.45, 2.75) is 32.1 Å². The van der Waals surface area contributed by atoms with Crippen LogP contribution in [0.15, 0.2) is 28.7 Å². The molecule has 0 bridgehead atoms. The van der Waals surface area contributed by atoms with Gasteiger partial charge < -0.3 is 11.1 Å². The highest BCUT2D eigenvalue weighted by atomic mass is 79.9. The van der Waals surface area contributed by atoms with Crippen LogP contribution in [-0.2, 0) is 12.8 Å². The maximum absolute atomic E-state index is 12.5. The molecule has 5 nitrogen and oxygen atoms in total. The van der Waals surface area contributed by atoms with Crippen LogP contribution in [0, 0.1) is 0 Å². The van der Waals surface area contributed by atoms with E-state index >= 15 is 0 Å². The lowest BCUT2D eigenvalue weighted by Crippen LogP contribution is -2.27. The molecule has 1 aliphatic carbocycles. The molecule has 1 aliphatic rings. The van der Waals surface area contributed by atoms with Crippen LogP contribution in [0.1, 0.15) is 41.0 Å². The quantitative estimate of drug-likeness (QED) is 0.787. The Morgan fingerprint density at radius 1 is 1.26 bits per heavy atom. The molecule has 2 aromatic rings. The molecule has 0 fully saturated rings. The molecule has 1 aromatic heterocycles. The molecule has 3 rings (SSSR count). The molecule has 0 radical (unpaired) electrons. The summed E-state index contributed by atoms with van der Waals surface area (Å²) in [4.78, 5) is 12.5. The van der Waals surface area contributed by atoms with Crippen molar-refractivity contribution in [3.8, 4) is 5.69 Å². The number of nitrogens with one attached hydrogen (secondary N) is 1. The molecular weight excluding hydrogens is 356 g/mol. The number of benzene rings is 1. The first-order chi connectivity index (χ1) is 11.2. The summed E-state index contributed by atoms with van der Waals surface area (Å²) in [7, 11) is 0. The van der Waals surface area contributed by atoms with Gasteiger partial charge in [-0.05, 0) is 62.9 Å². The van der Waals surface area contributed by atoms with Gasteiger partial charge in [-0.1, -0.05) is 15.9 Å². The number of fused-ring (bicyclic) bond motifs is 1. The van der Waals surface area contributed by atoms with Gasteiger partial charge in [0.2, 0.25) is 0 Å². The van der Waals surface area contributed by atoms with E-state index in [1.807, 2.05) is 28.9 Å². The maximum atomic E-state index is 12.5. The number of nitrogens with zero attached hydrogens (tertiary/aromatic N) is 2. The molecule has 1 amide bonds. The highest BCUT2D eigenvalue weighted by Gasteiger charge is 2.25. The molecule has 23 heavy (non-hydrogen) atoms. The van der Waals surface area contributed by atoms with Crippen LogP contribution in [0.4, 0.5) is 0 Å². The van der Waals surface area contributed by atoms with Crippen molar-refractivity contribution in [3.05, 3.63) is 45.7 Å². The second-order valence-corrected chi connectivity index (χ2v) is 6.68. The summed E-state index contributed by atoms with van der Waals surface area (Å²) in [5.74, 6) is -0.0903. The van der Waals surface area contributed by atoms with Gasteiger partial charge in [-0.3, -0.25) is 4.79 Å². The zero-order valence-electron chi connectivity index (χ0n) is 13.0. The smallest absolute Gasteiger partial charge is 0.272 e. The number of hydrogen-bond donors (Lipinski definition) is 2. The van der Waals surface area contributed by atoms with E-state index in [9.17, 15) is 4.79 Å². The summed E-state index contributed by atoms with van der Waals surface area (Å²) < 4.78 is 2.96. The van der Waals surface area contributed by atoms with Gasteiger partial charge in [0.15, 0.2) is 5.69 Å². The van der Waals surface area contributed by atoms with Gasteiger partial charge in [0.05, 0.1) is 5.69 Å². The monoisotopic (exact) mass is 376 g/mol. The summed E-state index contributed by atoms with van der Waals surface area (Å²) in [6.07, 6.45) is 4.92. The first-order valence-corrected chi connectivity index (χ1v) is 8.85. The fourth-order valence-electron chi connectivity index (χ4n) is 2.96.